The molecule has 4 atom stereocenters. The van der Waals surface area contributed by atoms with Gasteiger partial charge in [0.1, 0.15) is 6.10 Å². The highest BCUT2D eigenvalue weighted by molar-refractivity contribution is 7.85. The summed E-state index contributed by atoms with van der Waals surface area (Å²) in [5.74, 6) is -2.21. The van der Waals surface area contributed by atoms with Gasteiger partial charge in [0.05, 0.1) is 22.6 Å². The van der Waals surface area contributed by atoms with Gasteiger partial charge in [-0.15, -0.1) is 0 Å². The lowest BCUT2D eigenvalue weighted by Gasteiger charge is -2.48. The molecule has 0 aliphatic heterocycles. The van der Waals surface area contributed by atoms with Gasteiger partial charge >= 0.3 is 24.3 Å². The zero-order valence-corrected chi connectivity index (χ0v) is 25.1. The predicted octanol–water partition coefficient (Wildman–Crippen LogP) is 6.66. The number of fused-ring (bicyclic) bond motifs is 1. The quantitative estimate of drug-likeness (QED) is 0.129. The number of halogens is 6. The molecule has 2 N–H and O–H groups in total. The Morgan fingerprint density at radius 2 is 1.51 bits per heavy atom. The second-order valence-electron chi connectivity index (χ2n) is 13.3. The molecule has 4 fully saturated rings. The zero-order chi connectivity index (χ0) is 33.0. The van der Waals surface area contributed by atoms with E-state index in [0.29, 0.717) is 17.8 Å². The van der Waals surface area contributed by atoms with Gasteiger partial charge in [-0.3, -0.25) is 4.55 Å². The smallest absolute Gasteiger partial charge is 0.426 e. The van der Waals surface area contributed by atoms with E-state index in [1.807, 2.05) is 0 Å². The maximum atomic E-state index is 13.2. The predicted molar refractivity (Wildman–Crippen MR) is 145 cm³/mol. The van der Waals surface area contributed by atoms with E-state index < -0.39 is 88.2 Å². The third kappa shape index (κ3) is 6.71. The molecule has 15 heteroatoms. The number of benzene rings is 1. The molecule has 5 rings (SSSR count). The largest absolute Gasteiger partial charge is 0.462 e. The van der Waals surface area contributed by atoms with E-state index in [9.17, 15) is 54.0 Å². The van der Waals surface area contributed by atoms with Gasteiger partial charge in [-0.05, 0) is 118 Å². The van der Waals surface area contributed by atoms with Gasteiger partial charge in [-0.2, -0.15) is 34.8 Å². The molecule has 0 saturated heterocycles. The van der Waals surface area contributed by atoms with Crippen LogP contribution in [0.1, 0.15) is 97.8 Å². The van der Waals surface area contributed by atoms with Crippen LogP contribution in [0.2, 0.25) is 0 Å². The zero-order valence-electron chi connectivity index (χ0n) is 24.3. The van der Waals surface area contributed by atoms with Crippen LogP contribution in [0.3, 0.4) is 0 Å². The fraction of sp³-hybridized carbons (Fsp3) is 0.733. The van der Waals surface area contributed by atoms with Crippen molar-refractivity contribution in [1.82, 2.24) is 0 Å². The van der Waals surface area contributed by atoms with E-state index in [1.54, 1.807) is 0 Å². The van der Waals surface area contributed by atoms with Crippen LogP contribution in [0.5, 0.6) is 0 Å². The first-order chi connectivity index (χ1) is 20.8. The number of hydrogen-bond donors (Lipinski definition) is 2. The van der Waals surface area contributed by atoms with Gasteiger partial charge in [0.15, 0.2) is 0 Å². The molecule has 8 nitrogen and oxygen atoms in total. The van der Waals surface area contributed by atoms with Crippen LogP contribution in [0, 0.1) is 29.1 Å². The number of hydrogen-bond acceptors (Lipinski definition) is 7. The average Bonchev–Trinajstić information content (AvgIpc) is 3.12. The summed E-state index contributed by atoms with van der Waals surface area (Å²) in [5.41, 5.74) is -5.29. The van der Waals surface area contributed by atoms with E-state index in [1.165, 1.54) is 38.5 Å². The van der Waals surface area contributed by atoms with Crippen molar-refractivity contribution in [3.05, 3.63) is 29.3 Å². The van der Waals surface area contributed by atoms with Crippen LogP contribution < -0.4 is 0 Å². The van der Waals surface area contributed by atoms with Crippen molar-refractivity contribution in [2.45, 2.75) is 106 Å². The Bertz CT molecular complexity index is 1390. The number of rotatable bonds is 9. The maximum absolute atomic E-state index is 13.2. The van der Waals surface area contributed by atoms with E-state index in [-0.39, 0.29) is 12.2 Å². The summed E-state index contributed by atoms with van der Waals surface area (Å²) < 4.78 is 123. The van der Waals surface area contributed by atoms with Crippen molar-refractivity contribution in [2.24, 2.45) is 29.1 Å². The molecule has 4 aliphatic rings. The monoisotopic (exact) mass is 670 g/mol. The van der Waals surface area contributed by atoms with Crippen LogP contribution >= 0.6 is 0 Å². The second-order valence-corrected chi connectivity index (χ2v) is 14.8. The molecule has 1 aromatic carbocycles. The Morgan fingerprint density at radius 3 is 2.07 bits per heavy atom. The van der Waals surface area contributed by atoms with E-state index in [2.05, 4.69) is 0 Å². The second kappa shape index (κ2) is 12.0. The third-order valence-electron chi connectivity index (χ3n) is 10.6. The van der Waals surface area contributed by atoms with Crippen LogP contribution in [0.15, 0.2) is 23.1 Å². The lowest BCUT2D eigenvalue weighted by molar-refractivity contribution is -0.387. The van der Waals surface area contributed by atoms with Gasteiger partial charge in [0.25, 0.3) is 15.7 Å². The van der Waals surface area contributed by atoms with Crippen molar-refractivity contribution in [1.29, 1.82) is 0 Å². The van der Waals surface area contributed by atoms with Gasteiger partial charge in [-0.1, -0.05) is 0 Å². The Labute approximate surface area is 256 Å². The Balaban J connectivity index is 1.18. The van der Waals surface area contributed by atoms with Crippen molar-refractivity contribution in [2.75, 3.05) is 6.61 Å². The first kappa shape index (κ1) is 34.0. The summed E-state index contributed by atoms with van der Waals surface area (Å²) in [6.07, 6.45) is -6.45. The number of aliphatic hydroxyl groups is 1. The first-order valence-electron chi connectivity index (χ1n) is 15.2. The van der Waals surface area contributed by atoms with Crippen LogP contribution in [-0.2, 0) is 19.6 Å². The highest BCUT2D eigenvalue weighted by Crippen LogP contribution is 2.67. The fourth-order valence-corrected chi connectivity index (χ4v) is 8.93. The van der Waals surface area contributed by atoms with Crippen LogP contribution in [0.4, 0.5) is 26.3 Å². The standard InChI is InChI=1S/C30H36F6O8S/c31-29(32,33)28(39,30(34,35)36)21-3-5-23(6-4-21)44-26(38)20-12-19(13-24(14-20)45(40,41)42)25(37)43-9-1-2-17-10-18-11-22-7-8-27(22,15-17)16-18/h12-14,17-18,21-23,39H,1-11,15-16H2,(H,40,41,42). The molecule has 4 aliphatic carbocycles. The van der Waals surface area contributed by atoms with Gasteiger partial charge in [0, 0.05) is 5.92 Å². The fourth-order valence-electron chi connectivity index (χ4n) is 8.38. The lowest BCUT2D eigenvalue weighted by atomic mass is 9.56. The first-order valence-corrected chi connectivity index (χ1v) is 16.6. The molecular weight excluding hydrogens is 634 g/mol. The molecule has 252 valence electrons. The van der Waals surface area contributed by atoms with Crippen molar-refractivity contribution in [3.8, 4) is 0 Å². The molecule has 0 radical (unpaired) electrons. The third-order valence-corrected chi connectivity index (χ3v) is 11.4. The molecule has 0 heterocycles. The molecule has 0 amide bonds. The summed E-state index contributed by atoms with van der Waals surface area (Å²) >= 11 is 0. The number of alkyl halides is 6. The summed E-state index contributed by atoms with van der Waals surface area (Å²) in [6.45, 7) is 0.0533. The summed E-state index contributed by atoms with van der Waals surface area (Å²) in [4.78, 5) is 24.8. The normalized spacial score (nSPS) is 30.3. The van der Waals surface area contributed by atoms with Crippen molar-refractivity contribution in [3.63, 3.8) is 0 Å². The minimum Gasteiger partial charge on any atom is -0.462 e. The molecular formula is C30H36F6O8S. The highest BCUT2D eigenvalue weighted by atomic mass is 32.2. The van der Waals surface area contributed by atoms with Gasteiger partial charge in [0.2, 0.25) is 0 Å². The molecule has 4 unspecified atom stereocenters. The average molecular weight is 671 g/mol. The van der Waals surface area contributed by atoms with Gasteiger partial charge in [-0.25, -0.2) is 9.59 Å². The topological polar surface area (TPSA) is 127 Å². The number of ether oxygens (including phenoxy) is 2. The summed E-state index contributed by atoms with van der Waals surface area (Å²) in [5, 5.41) is 9.65. The number of carbonyl (C=O) groups excluding carboxylic acids is 2. The number of esters is 2. The number of carbonyl (C=O) groups is 2. The SMILES string of the molecule is O=C(OCCCC1CC2CC3CCC3(C1)C2)c1cc(C(=O)OC2CCC(C(O)(C(F)(F)F)C(F)(F)F)CC2)cc(S(=O)(=O)O)c1. The Kier molecular flexibility index (Phi) is 9.06. The molecule has 45 heavy (non-hydrogen) atoms. The van der Waals surface area contributed by atoms with E-state index in [0.717, 1.165) is 36.5 Å². The minimum atomic E-state index is -5.98. The summed E-state index contributed by atoms with van der Waals surface area (Å²) in [6, 6.07) is 2.53. The summed E-state index contributed by atoms with van der Waals surface area (Å²) in [7, 11) is -4.91. The van der Waals surface area contributed by atoms with Gasteiger partial charge < -0.3 is 14.6 Å². The maximum Gasteiger partial charge on any atom is 0.426 e. The molecule has 1 aromatic rings. The minimum absolute atomic E-state index is 0.0533. The molecule has 1 spiro atoms. The molecule has 0 aromatic heterocycles. The van der Waals surface area contributed by atoms with Crippen molar-refractivity contribution < 1.29 is 63.5 Å². The Hall–Kier alpha value is -2.39. The Morgan fingerprint density at radius 1 is 0.889 bits per heavy atom. The molecule has 4 saturated carbocycles. The van der Waals surface area contributed by atoms with Crippen molar-refractivity contribution >= 4 is 22.1 Å². The van der Waals surface area contributed by atoms with Crippen LogP contribution in [0.25, 0.3) is 0 Å². The van der Waals surface area contributed by atoms with E-state index >= 15 is 0 Å². The van der Waals surface area contributed by atoms with E-state index in [4.69, 9.17) is 9.47 Å². The van der Waals surface area contributed by atoms with Crippen LogP contribution in [-0.4, -0.2) is 60.7 Å². The lowest BCUT2D eigenvalue weighted by Crippen LogP contribution is -2.62. The highest BCUT2D eigenvalue weighted by Gasteiger charge is 2.73. The molecule has 2 bridgehead atoms.